The highest BCUT2D eigenvalue weighted by molar-refractivity contribution is 5.68. The quantitative estimate of drug-likeness (QED) is 0.608. The highest BCUT2D eigenvalue weighted by Gasteiger charge is 2.29. The Hall–Kier alpha value is -0.810. The molecule has 0 aromatic carbocycles. The van der Waals surface area contributed by atoms with Crippen molar-refractivity contribution < 1.29 is 9.53 Å². The van der Waals surface area contributed by atoms with Gasteiger partial charge in [0, 0.05) is 25.2 Å². The second-order valence-corrected chi connectivity index (χ2v) is 5.04. The van der Waals surface area contributed by atoms with Gasteiger partial charge in [-0.1, -0.05) is 0 Å². The second kappa shape index (κ2) is 4.37. The topological polar surface area (TPSA) is 81.6 Å². The van der Waals surface area contributed by atoms with Crippen molar-refractivity contribution in [2.45, 2.75) is 44.9 Å². The maximum atomic E-state index is 11.7. The van der Waals surface area contributed by atoms with Crippen LogP contribution in [0.15, 0.2) is 0 Å². The Balaban J connectivity index is 2.48. The van der Waals surface area contributed by atoms with Gasteiger partial charge in [0.1, 0.15) is 5.60 Å². The van der Waals surface area contributed by atoms with Gasteiger partial charge < -0.3 is 21.1 Å². The molecule has 0 unspecified atom stereocenters. The lowest BCUT2D eigenvalue weighted by Gasteiger charge is -2.35. The molecule has 15 heavy (non-hydrogen) atoms. The fourth-order valence-corrected chi connectivity index (χ4v) is 1.49. The number of carbonyl (C=O) groups is 1. The first-order valence-corrected chi connectivity index (χ1v) is 5.28. The fourth-order valence-electron chi connectivity index (χ4n) is 1.49. The number of hydrogen-bond acceptors (Lipinski definition) is 4. The molecule has 0 radical (unpaired) electrons. The normalized spacial score (nSPS) is 27.7. The van der Waals surface area contributed by atoms with Gasteiger partial charge in [-0.15, -0.1) is 0 Å². The molecule has 0 aromatic rings. The van der Waals surface area contributed by atoms with E-state index in [9.17, 15) is 4.79 Å². The number of piperidine rings is 1. The van der Waals surface area contributed by atoms with E-state index in [0.29, 0.717) is 13.1 Å². The Bertz CT molecular complexity index is 237. The number of nitrogens with zero attached hydrogens (tertiary/aromatic N) is 1. The number of ether oxygens (including phenoxy) is 1. The second-order valence-electron chi connectivity index (χ2n) is 5.04. The molecule has 5 nitrogen and oxygen atoms in total. The number of hydrogen-bond donors (Lipinski definition) is 2. The van der Waals surface area contributed by atoms with Gasteiger partial charge in [-0.05, 0) is 27.2 Å². The minimum Gasteiger partial charge on any atom is -0.444 e. The standard InChI is InChI=1S/C10H21N3O2/c1-10(2,3)15-9(14)13-5-4-7(11)8(12)6-13/h7-8H,4-6,11-12H2,1-3H3/t7-,8-/m1/s1. The van der Waals surface area contributed by atoms with Crippen LogP contribution in [-0.2, 0) is 4.74 Å². The van der Waals surface area contributed by atoms with Gasteiger partial charge in [-0.3, -0.25) is 0 Å². The highest BCUT2D eigenvalue weighted by atomic mass is 16.6. The molecule has 2 atom stereocenters. The SMILES string of the molecule is CC(C)(C)OC(=O)N1CC[C@@H](N)[C@H](N)C1. The number of likely N-dealkylation sites (tertiary alicyclic amines) is 1. The Labute approximate surface area is 90.7 Å². The Morgan fingerprint density at radius 1 is 1.33 bits per heavy atom. The predicted molar refractivity (Wildman–Crippen MR) is 58.4 cm³/mol. The van der Waals surface area contributed by atoms with Crippen LogP contribution in [0.5, 0.6) is 0 Å². The summed E-state index contributed by atoms with van der Waals surface area (Å²) in [6.07, 6.45) is 0.435. The first kappa shape index (κ1) is 12.3. The summed E-state index contributed by atoms with van der Waals surface area (Å²) >= 11 is 0. The van der Waals surface area contributed by atoms with Crippen molar-refractivity contribution in [3.05, 3.63) is 0 Å². The zero-order chi connectivity index (χ0) is 11.6. The van der Waals surface area contributed by atoms with Gasteiger partial charge in [0.25, 0.3) is 0 Å². The molecule has 0 spiro atoms. The molecule has 0 bridgehead atoms. The van der Waals surface area contributed by atoms with Gasteiger partial charge in [-0.25, -0.2) is 4.79 Å². The molecular formula is C10H21N3O2. The van der Waals surface area contributed by atoms with Crippen LogP contribution < -0.4 is 11.5 Å². The van der Waals surface area contributed by atoms with Crippen LogP contribution in [0.25, 0.3) is 0 Å². The van der Waals surface area contributed by atoms with Crippen molar-refractivity contribution in [2.24, 2.45) is 11.5 Å². The van der Waals surface area contributed by atoms with E-state index in [0.717, 1.165) is 6.42 Å². The van der Waals surface area contributed by atoms with Crippen molar-refractivity contribution >= 4 is 6.09 Å². The summed E-state index contributed by atoms with van der Waals surface area (Å²) in [5.74, 6) is 0. The Morgan fingerprint density at radius 3 is 2.40 bits per heavy atom. The smallest absolute Gasteiger partial charge is 0.410 e. The molecule has 1 heterocycles. The van der Waals surface area contributed by atoms with E-state index >= 15 is 0 Å². The van der Waals surface area contributed by atoms with Gasteiger partial charge in [-0.2, -0.15) is 0 Å². The molecule has 1 rings (SSSR count). The van der Waals surface area contributed by atoms with Gasteiger partial charge >= 0.3 is 6.09 Å². The summed E-state index contributed by atoms with van der Waals surface area (Å²) in [6, 6.07) is -0.157. The van der Waals surface area contributed by atoms with Crippen molar-refractivity contribution in [3.63, 3.8) is 0 Å². The average molecular weight is 215 g/mol. The molecule has 1 amide bonds. The van der Waals surface area contributed by atoms with E-state index in [1.54, 1.807) is 4.90 Å². The van der Waals surface area contributed by atoms with E-state index in [2.05, 4.69) is 0 Å². The largest absolute Gasteiger partial charge is 0.444 e. The van der Waals surface area contributed by atoms with Crippen molar-refractivity contribution in [1.82, 2.24) is 4.90 Å². The van der Waals surface area contributed by atoms with Gasteiger partial charge in [0.2, 0.25) is 0 Å². The Kier molecular flexibility index (Phi) is 3.57. The van der Waals surface area contributed by atoms with Crippen LogP contribution in [0.2, 0.25) is 0 Å². The molecule has 5 heteroatoms. The minimum absolute atomic E-state index is 0.0105. The lowest BCUT2D eigenvalue weighted by Crippen LogP contribution is -2.56. The highest BCUT2D eigenvalue weighted by Crippen LogP contribution is 2.13. The van der Waals surface area contributed by atoms with Gasteiger partial charge in [0.05, 0.1) is 0 Å². The Morgan fingerprint density at radius 2 is 1.93 bits per heavy atom. The number of nitrogens with two attached hydrogens (primary N) is 2. The van der Waals surface area contributed by atoms with E-state index in [1.807, 2.05) is 20.8 Å². The lowest BCUT2D eigenvalue weighted by molar-refractivity contribution is 0.0189. The average Bonchev–Trinajstić information content (AvgIpc) is 2.06. The molecule has 1 aliphatic rings. The lowest BCUT2D eigenvalue weighted by atomic mass is 10.0. The molecule has 0 saturated carbocycles. The maximum absolute atomic E-state index is 11.7. The van der Waals surface area contributed by atoms with Crippen LogP contribution in [0.1, 0.15) is 27.2 Å². The first-order valence-electron chi connectivity index (χ1n) is 5.28. The van der Waals surface area contributed by atoms with Crippen LogP contribution in [-0.4, -0.2) is 41.8 Å². The van der Waals surface area contributed by atoms with Crippen LogP contribution in [0.3, 0.4) is 0 Å². The van der Waals surface area contributed by atoms with Crippen LogP contribution in [0, 0.1) is 0 Å². The summed E-state index contributed by atoms with van der Waals surface area (Å²) < 4.78 is 5.25. The molecule has 1 aliphatic heterocycles. The summed E-state index contributed by atoms with van der Waals surface area (Å²) in [6.45, 7) is 6.65. The molecule has 1 fully saturated rings. The summed E-state index contributed by atoms with van der Waals surface area (Å²) in [5.41, 5.74) is 11.1. The molecule has 4 N–H and O–H groups in total. The number of amides is 1. The number of rotatable bonds is 0. The van der Waals surface area contributed by atoms with E-state index in [-0.39, 0.29) is 18.2 Å². The molecule has 1 saturated heterocycles. The minimum atomic E-state index is -0.458. The molecular weight excluding hydrogens is 194 g/mol. The van der Waals surface area contributed by atoms with E-state index in [4.69, 9.17) is 16.2 Å². The third kappa shape index (κ3) is 3.68. The van der Waals surface area contributed by atoms with E-state index in [1.165, 1.54) is 0 Å². The summed E-state index contributed by atoms with van der Waals surface area (Å²) in [4.78, 5) is 13.3. The van der Waals surface area contributed by atoms with Crippen molar-refractivity contribution in [3.8, 4) is 0 Å². The fraction of sp³-hybridized carbons (Fsp3) is 0.900. The third-order valence-electron chi connectivity index (χ3n) is 2.37. The molecule has 88 valence electrons. The zero-order valence-electron chi connectivity index (χ0n) is 9.69. The predicted octanol–water partition coefficient (Wildman–Crippen LogP) is 0.282. The van der Waals surface area contributed by atoms with Crippen LogP contribution >= 0.6 is 0 Å². The third-order valence-corrected chi connectivity index (χ3v) is 2.37. The number of carbonyl (C=O) groups excluding carboxylic acids is 1. The van der Waals surface area contributed by atoms with Crippen molar-refractivity contribution in [2.75, 3.05) is 13.1 Å². The van der Waals surface area contributed by atoms with Gasteiger partial charge in [0.15, 0.2) is 0 Å². The van der Waals surface area contributed by atoms with Crippen molar-refractivity contribution in [1.29, 1.82) is 0 Å². The maximum Gasteiger partial charge on any atom is 0.410 e. The van der Waals surface area contributed by atoms with E-state index < -0.39 is 5.60 Å². The summed E-state index contributed by atoms with van der Waals surface area (Å²) in [7, 11) is 0. The molecule has 0 aliphatic carbocycles. The van der Waals surface area contributed by atoms with Crippen LogP contribution in [0.4, 0.5) is 4.79 Å². The summed E-state index contributed by atoms with van der Waals surface area (Å²) in [5, 5.41) is 0. The monoisotopic (exact) mass is 215 g/mol. The molecule has 0 aromatic heterocycles. The first-order chi connectivity index (χ1) is 6.79. The zero-order valence-corrected chi connectivity index (χ0v) is 9.69.